The van der Waals surface area contributed by atoms with E-state index in [1.54, 1.807) is 0 Å². The van der Waals surface area contributed by atoms with Gasteiger partial charge in [-0.1, -0.05) is 13.8 Å². The number of nitrogens with one attached hydrogen (secondary N) is 2. The number of nitrogens with zero attached hydrogens (tertiary/aromatic N) is 1. The summed E-state index contributed by atoms with van der Waals surface area (Å²) in [7, 11) is 2.09. The van der Waals surface area contributed by atoms with Gasteiger partial charge in [0, 0.05) is 25.6 Å². The number of carbonyl (C=O) groups is 2. The molecule has 3 atom stereocenters. The van der Waals surface area contributed by atoms with Gasteiger partial charge in [0.1, 0.15) is 0 Å². The van der Waals surface area contributed by atoms with Gasteiger partial charge in [-0.2, -0.15) is 0 Å². The van der Waals surface area contributed by atoms with E-state index in [-0.39, 0.29) is 24.4 Å². The standard InChI is InChI=1S/C14H27N3O3/c1-10(4-5-13(18)19)8-15-14(20)16-12-6-7-17(3)9-11(12)2/h10-12H,4-9H2,1-3H3,(H,18,19)(H2,15,16,20). The summed E-state index contributed by atoms with van der Waals surface area (Å²) in [5.41, 5.74) is 0. The van der Waals surface area contributed by atoms with Crippen LogP contribution in [-0.2, 0) is 4.79 Å². The number of likely N-dealkylation sites (tertiary alicyclic amines) is 1. The fourth-order valence-corrected chi connectivity index (χ4v) is 2.53. The predicted molar refractivity (Wildman–Crippen MR) is 77.6 cm³/mol. The first-order valence-corrected chi connectivity index (χ1v) is 7.33. The molecule has 1 aliphatic heterocycles. The molecule has 20 heavy (non-hydrogen) atoms. The Morgan fingerprint density at radius 1 is 1.45 bits per heavy atom. The highest BCUT2D eigenvalue weighted by atomic mass is 16.4. The Morgan fingerprint density at radius 2 is 2.15 bits per heavy atom. The van der Waals surface area contributed by atoms with Crippen LogP contribution in [0.15, 0.2) is 0 Å². The number of carboxylic acids is 1. The summed E-state index contributed by atoms with van der Waals surface area (Å²) >= 11 is 0. The quantitative estimate of drug-likeness (QED) is 0.683. The van der Waals surface area contributed by atoms with E-state index in [0.29, 0.717) is 18.9 Å². The monoisotopic (exact) mass is 285 g/mol. The maximum absolute atomic E-state index is 11.8. The average molecular weight is 285 g/mol. The Labute approximate surface area is 120 Å². The molecule has 0 saturated carbocycles. The lowest BCUT2D eigenvalue weighted by Crippen LogP contribution is -2.51. The molecule has 0 aromatic heterocycles. The molecule has 1 saturated heterocycles. The van der Waals surface area contributed by atoms with Gasteiger partial charge < -0.3 is 20.6 Å². The van der Waals surface area contributed by atoms with Crippen LogP contribution in [0.2, 0.25) is 0 Å². The molecule has 116 valence electrons. The summed E-state index contributed by atoms with van der Waals surface area (Å²) in [5.74, 6) is -0.169. The van der Waals surface area contributed by atoms with Gasteiger partial charge in [-0.15, -0.1) is 0 Å². The third-order valence-electron chi connectivity index (χ3n) is 3.89. The van der Waals surface area contributed by atoms with Gasteiger partial charge in [-0.05, 0) is 38.3 Å². The highest BCUT2D eigenvalue weighted by molar-refractivity contribution is 5.74. The van der Waals surface area contributed by atoms with Gasteiger partial charge in [-0.25, -0.2) is 4.79 Å². The van der Waals surface area contributed by atoms with Crippen LogP contribution in [0.5, 0.6) is 0 Å². The number of amides is 2. The highest BCUT2D eigenvalue weighted by Gasteiger charge is 2.25. The van der Waals surface area contributed by atoms with Crippen LogP contribution in [-0.4, -0.2) is 54.7 Å². The molecule has 0 radical (unpaired) electrons. The third-order valence-corrected chi connectivity index (χ3v) is 3.89. The van der Waals surface area contributed by atoms with E-state index < -0.39 is 5.97 Å². The minimum atomic E-state index is -0.790. The van der Waals surface area contributed by atoms with Gasteiger partial charge >= 0.3 is 12.0 Å². The van der Waals surface area contributed by atoms with Crippen molar-refractivity contribution in [2.24, 2.45) is 11.8 Å². The molecule has 0 aromatic rings. The zero-order chi connectivity index (χ0) is 15.1. The second-order valence-corrected chi connectivity index (χ2v) is 6.03. The van der Waals surface area contributed by atoms with Gasteiger partial charge in [0.2, 0.25) is 0 Å². The number of carboxylic acid groups (broad SMARTS) is 1. The van der Waals surface area contributed by atoms with Crippen LogP contribution in [0.1, 0.15) is 33.1 Å². The van der Waals surface area contributed by atoms with Crippen LogP contribution in [0.25, 0.3) is 0 Å². The number of urea groups is 1. The van der Waals surface area contributed by atoms with Crippen molar-refractivity contribution in [2.45, 2.75) is 39.2 Å². The lowest BCUT2D eigenvalue weighted by molar-refractivity contribution is -0.137. The summed E-state index contributed by atoms with van der Waals surface area (Å²) < 4.78 is 0. The number of carbonyl (C=O) groups excluding carboxylic acids is 1. The van der Waals surface area contributed by atoms with E-state index in [1.165, 1.54) is 0 Å². The van der Waals surface area contributed by atoms with Crippen LogP contribution >= 0.6 is 0 Å². The van der Waals surface area contributed by atoms with Crippen molar-refractivity contribution in [2.75, 3.05) is 26.7 Å². The zero-order valence-electron chi connectivity index (χ0n) is 12.7. The van der Waals surface area contributed by atoms with Crippen LogP contribution in [0.4, 0.5) is 4.79 Å². The maximum atomic E-state index is 11.8. The summed E-state index contributed by atoms with van der Waals surface area (Å²) in [6.45, 7) is 6.61. The average Bonchev–Trinajstić information content (AvgIpc) is 2.37. The van der Waals surface area contributed by atoms with Crippen LogP contribution in [0, 0.1) is 11.8 Å². The van der Waals surface area contributed by atoms with Crippen molar-refractivity contribution in [1.29, 1.82) is 0 Å². The highest BCUT2D eigenvalue weighted by Crippen LogP contribution is 2.15. The Morgan fingerprint density at radius 3 is 2.75 bits per heavy atom. The van der Waals surface area contributed by atoms with E-state index in [4.69, 9.17) is 5.11 Å². The first-order valence-electron chi connectivity index (χ1n) is 7.33. The minimum Gasteiger partial charge on any atom is -0.481 e. The summed E-state index contributed by atoms with van der Waals surface area (Å²) in [4.78, 5) is 24.6. The topological polar surface area (TPSA) is 81.7 Å². The molecule has 0 aliphatic carbocycles. The Hall–Kier alpha value is -1.30. The summed E-state index contributed by atoms with van der Waals surface area (Å²) in [6.07, 6.45) is 1.70. The zero-order valence-corrected chi connectivity index (χ0v) is 12.7. The van der Waals surface area contributed by atoms with Gasteiger partial charge in [0.25, 0.3) is 0 Å². The van der Waals surface area contributed by atoms with E-state index in [9.17, 15) is 9.59 Å². The van der Waals surface area contributed by atoms with Crippen molar-refractivity contribution in [1.82, 2.24) is 15.5 Å². The number of hydrogen-bond acceptors (Lipinski definition) is 3. The van der Waals surface area contributed by atoms with Crippen molar-refractivity contribution in [3.05, 3.63) is 0 Å². The molecule has 1 rings (SSSR count). The third kappa shape index (κ3) is 6.23. The maximum Gasteiger partial charge on any atom is 0.315 e. The van der Waals surface area contributed by atoms with E-state index in [0.717, 1.165) is 19.5 Å². The number of rotatable bonds is 6. The molecule has 3 N–H and O–H groups in total. The first-order chi connectivity index (χ1) is 9.38. The summed E-state index contributed by atoms with van der Waals surface area (Å²) in [6, 6.07) is 0.0779. The van der Waals surface area contributed by atoms with Crippen LogP contribution in [0.3, 0.4) is 0 Å². The van der Waals surface area contributed by atoms with Crippen molar-refractivity contribution >= 4 is 12.0 Å². The molecule has 0 aromatic carbocycles. The largest absolute Gasteiger partial charge is 0.481 e. The lowest BCUT2D eigenvalue weighted by Gasteiger charge is -2.35. The molecule has 2 amide bonds. The second kappa shape index (κ2) is 8.09. The molecular weight excluding hydrogens is 258 g/mol. The van der Waals surface area contributed by atoms with Crippen molar-refractivity contribution in [3.8, 4) is 0 Å². The van der Waals surface area contributed by atoms with Crippen molar-refractivity contribution in [3.63, 3.8) is 0 Å². The van der Waals surface area contributed by atoms with Gasteiger partial charge in [-0.3, -0.25) is 4.79 Å². The Kier molecular flexibility index (Phi) is 6.78. The molecule has 6 nitrogen and oxygen atoms in total. The molecule has 3 unspecified atom stereocenters. The number of aliphatic carboxylic acids is 1. The molecular formula is C14H27N3O3. The molecule has 1 fully saturated rings. The smallest absolute Gasteiger partial charge is 0.315 e. The number of hydrogen-bond donors (Lipinski definition) is 3. The summed E-state index contributed by atoms with van der Waals surface area (Å²) in [5, 5.41) is 14.4. The second-order valence-electron chi connectivity index (χ2n) is 6.03. The van der Waals surface area contributed by atoms with E-state index in [1.807, 2.05) is 6.92 Å². The SMILES string of the molecule is CC(CCC(=O)O)CNC(=O)NC1CCN(C)CC1C. The molecule has 1 aliphatic rings. The molecule has 6 heteroatoms. The molecule has 0 bridgehead atoms. The molecule has 0 spiro atoms. The Bertz CT molecular complexity index is 336. The lowest BCUT2D eigenvalue weighted by atomic mass is 9.94. The van der Waals surface area contributed by atoms with Crippen molar-refractivity contribution < 1.29 is 14.7 Å². The van der Waals surface area contributed by atoms with Crippen LogP contribution < -0.4 is 10.6 Å². The van der Waals surface area contributed by atoms with Gasteiger partial charge in [0.05, 0.1) is 0 Å². The fourth-order valence-electron chi connectivity index (χ4n) is 2.53. The van der Waals surface area contributed by atoms with E-state index >= 15 is 0 Å². The number of piperidine rings is 1. The minimum absolute atomic E-state index is 0.145. The normalized spacial score (nSPS) is 24.9. The Balaban J connectivity index is 2.21. The molecule has 1 heterocycles. The fraction of sp³-hybridized carbons (Fsp3) is 0.857. The van der Waals surface area contributed by atoms with Gasteiger partial charge in [0.15, 0.2) is 0 Å². The van der Waals surface area contributed by atoms with E-state index in [2.05, 4.69) is 29.5 Å². The predicted octanol–water partition coefficient (Wildman–Crippen LogP) is 1.13. The first kappa shape index (κ1) is 16.8.